The quantitative estimate of drug-likeness (QED) is 0.485. The van der Waals surface area contributed by atoms with E-state index < -0.39 is 17.7 Å². The van der Waals surface area contributed by atoms with Gasteiger partial charge in [0.25, 0.3) is 0 Å². The van der Waals surface area contributed by atoms with Gasteiger partial charge in [-0.25, -0.2) is 9.97 Å². The number of anilines is 1. The average molecular weight is 385 g/mol. The first-order chi connectivity index (χ1) is 11.8. The molecule has 1 N–H and O–H groups in total. The minimum Gasteiger partial charge on any atom is -0.260 e. The highest BCUT2D eigenvalue weighted by atomic mass is 35.5. The van der Waals surface area contributed by atoms with Crippen molar-refractivity contribution in [1.29, 1.82) is 0 Å². The summed E-state index contributed by atoms with van der Waals surface area (Å²) < 4.78 is 39.6. The van der Waals surface area contributed by atoms with Crippen molar-refractivity contribution in [3.8, 4) is 0 Å². The molecule has 1 aromatic heterocycles. The summed E-state index contributed by atoms with van der Waals surface area (Å²) in [6, 6.07) is 10.9. The smallest absolute Gasteiger partial charge is 0.260 e. The summed E-state index contributed by atoms with van der Waals surface area (Å²) in [5, 5.41) is 4.54. The van der Waals surface area contributed by atoms with Crippen LogP contribution in [0.25, 0.3) is 11.0 Å². The van der Waals surface area contributed by atoms with Crippen LogP contribution >= 0.6 is 23.2 Å². The molecule has 0 aliphatic carbocycles. The number of para-hydroxylation sites is 2. The van der Waals surface area contributed by atoms with Gasteiger partial charge in [-0.15, -0.1) is 0 Å². The maximum atomic E-state index is 13.2. The Bertz CT molecular complexity index is 958. The third-order valence-electron chi connectivity index (χ3n) is 3.18. The monoisotopic (exact) mass is 384 g/mol. The average Bonchev–Trinajstić information content (AvgIpc) is 2.55. The largest absolute Gasteiger partial charge is 0.437 e. The highest BCUT2D eigenvalue weighted by Crippen LogP contribution is 2.33. The number of nitrogens with one attached hydrogen (secondary N) is 1. The molecular formula is C16H9Cl2F3N4. The van der Waals surface area contributed by atoms with Crippen LogP contribution in [0.4, 0.5) is 19.0 Å². The van der Waals surface area contributed by atoms with Gasteiger partial charge in [-0.3, -0.25) is 5.43 Å². The van der Waals surface area contributed by atoms with Crippen LogP contribution in [0, 0.1) is 0 Å². The summed E-state index contributed by atoms with van der Waals surface area (Å²) in [7, 11) is 0. The van der Waals surface area contributed by atoms with Crippen LogP contribution in [-0.2, 0) is 6.18 Å². The highest BCUT2D eigenvalue weighted by molar-refractivity contribution is 6.36. The maximum absolute atomic E-state index is 13.2. The van der Waals surface area contributed by atoms with Crippen molar-refractivity contribution < 1.29 is 13.2 Å². The van der Waals surface area contributed by atoms with Crippen LogP contribution in [0.2, 0.25) is 10.0 Å². The van der Waals surface area contributed by atoms with E-state index in [4.69, 9.17) is 23.2 Å². The van der Waals surface area contributed by atoms with Crippen molar-refractivity contribution in [2.24, 2.45) is 5.10 Å². The Balaban J connectivity index is 1.95. The summed E-state index contributed by atoms with van der Waals surface area (Å²) in [6.07, 6.45) is -3.40. The van der Waals surface area contributed by atoms with Crippen molar-refractivity contribution >= 4 is 46.3 Å². The van der Waals surface area contributed by atoms with Crippen molar-refractivity contribution in [1.82, 2.24) is 9.97 Å². The molecule has 0 bridgehead atoms. The van der Waals surface area contributed by atoms with E-state index in [1.807, 2.05) is 0 Å². The molecule has 0 atom stereocenters. The van der Waals surface area contributed by atoms with Gasteiger partial charge < -0.3 is 0 Å². The van der Waals surface area contributed by atoms with E-state index in [-0.39, 0.29) is 5.52 Å². The third-order valence-corrected chi connectivity index (χ3v) is 3.74. The van der Waals surface area contributed by atoms with Gasteiger partial charge in [0, 0.05) is 10.6 Å². The summed E-state index contributed by atoms with van der Waals surface area (Å²) >= 11 is 11.8. The molecule has 2 aromatic carbocycles. The second-order valence-corrected chi connectivity index (χ2v) is 5.79. The number of nitrogens with zero attached hydrogens (tertiary/aromatic N) is 3. The molecule has 0 amide bonds. The maximum Gasteiger partial charge on any atom is 0.437 e. The van der Waals surface area contributed by atoms with Gasteiger partial charge in [0.05, 0.1) is 22.3 Å². The summed E-state index contributed by atoms with van der Waals surface area (Å²) in [5.41, 5.74) is 2.09. The lowest BCUT2D eigenvalue weighted by Crippen LogP contribution is -2.13. The van der Waals surface area contributed by atoms with Gasteiger partial charge in [0.2, 0.25) is 0 Å². The number of aromatic nitrogens is 2. The minimum absolute atomic E-state index is 0.144. The third kappa shape index (κ3) is 4.00. The zero-order valence-electron chi connectivity index (χ0n) is 12.4. The second-order valence-electron chi connectivity index (χ2n) is 4.94. The van der Waals surface area contributed by atoms with Crippen molar-refractivity contribution in [2.75, 3.05) is 5.43 Å². The molecule has 128 valence electrons. The molecule has 0 saturated heterocycles. The molecule has 0 fully saturated rings. The number of alkyl halides is 3. The molecule has 0 unspecified atom stereocenters. The molecule has 1 heterocycles. The fourth-order valence-corrected chi connectivity index (χ4v) is 2.50. The predicted octanol–water partition coefficient (Wildman–Crippen LogP) is 5.40. The first-order valence-corrected chi connectivity index (χ1v) is 7.68. The fraction of sp³-hybridized carbons (Fsp3) is 0.0625. The number of hydrogen-bond donors (Lipinski definition) is 1. The van der Waals surface area contributed by atoms with E-state index in [1.54, 1.807) is 30.3 Å². The van der Waals surface area contributed by atoms with Crippen LogP contribution in [0.15, 0.2) is 47.6 Å². The highest BCUT2D eigenvalue weighted by Gasteiger charge is 2.37. The zero-order chi connectivity index (χ0) is 18.0. The van der Waals surface area contributed by atoms with Crippen molar-refractivity contribution in [2.45, 2.75) is 6.18 Å². The lowest BCUT2D eigenvalue weighted by molar-refractivity contribution is -0.140. The predicted molar refractivity (Wildman–Crippen MR) is 92.2 cm³/mol. The van der Waals surface area contributed by atoms with Crippen LogP contribution in [0.3, 0.4) is 0 Å². The van der Waals surface area contributed by atoms with E-state index >= 15 is 0 Å². The van der Waals surface area contributed by atoms with Crippen LogP contribution in [-0.4, -0.2) is 16.2 Å². The second kappa shape index (κ2) is 6.85. The topological polar surface area (TPSA) is 50.2 Å². The van der Waals surface area contributed by atoms with Gasteiger partial charge in [-0.2, -0.15) is 18.3 Å². The molecule has 0 spiro atoms. The van der Waals surface area contributed by atoms with Crippen LogP contribution < -0.4 is 5.43 Å². The molecule has 9 heteroatoms. The summed E-state index contributed by atoms with van der Waals surface area (Å²) in [6.45, 7) is 0. The first kappa shape index (κ1) is 17.4. The Morgan fingerprint density at radius 3 is 2.32 bits per heavy atom. The van der Waals surface area contributed by atoms with Gasteiger partial charge >= 0.3 is 6.18 Å². The van der Waals surface area contributed by atoms with Gasteiger partial charge in [-0.05, 0) is 24.3 Å². The SMILES string of the molecule is FC(F)(F)c1nc2ccccc2nc1NN=Cc1ccc(Cl)cc1Cl. The van der Waals surface area contributed by atoms with Gasteiger partial charge in [-0.1, -0.05) is 41.4 Å². The molecule has 4 nitrogen and oxygen atoms in total. The lowest BCUT2D eigenvalue weighted by Gasteiger charge is -2.11. The number of benzene rings is 2. The normalized spacial score (nSPS) is 12.0. The first-order valence-electron chi connectivity index (χ1n) is 6.93. The molecule has 25 heavy (non-hydrogen) atoms. The van der Waals surface area contributed by atoms with E-state index in [1.165, 1.54) is 18.3 Å². The Labute approximate surface area is 150 Å². The van der Waals surface area contributed by atoms with Crippen LogP contribution in [0.1, 0.15) is 11.3 Å². The molecule has 0 aliphatic heterocycles. The Morgan fingerprint density at radius 1 is 1.00 bits per heavy atom. The number of rotatable bonds is 3. The van der Waals surface area contributed by atoms with E-state index in [2.05, 4.69) is 20.5 Å². The van der Waals surface area contributed by atoms with E-state index in [9.17, 15) is 13.2 Å². The molecule has 3 rings (SSSR count). The number of hydrazone groups is 1. The number of hydrogen-bond acceptors (Lipinski definition) is 4. The summed E-state index contributed by atoms with van der Waals surface area (Å²) in [5.74, 6) is -0.493. The molecular weight excluding hydrogens is 376 g/mol. The molecule has 0 saturated carbocycles. The van der Waals surface area contributed by atoms with Crippen LogP contribution in [0.5, 0.6) is 0 Å². The molecule has 0 radical (unpaired) electrons. The van der Waals surface area contributed by atoms with E-state index in [0.29, 0.717) is 21.1 Å². The Kier molecular flexibility index (Phi) is 4.78. The zero-order valence-corrected chi connectivity index (χ0v) is 13.9. The fourth-order valence-electron chi connectivity index (χ4n) is 2.04. The minimum atomic E-state index is -4.67. The van der Waals surface area contributed by atoms with E-state index in [0.717, 1.165) is 0 Å². The summed E-state index contributed by atoms with van der Waals surface area (Å²) in [4.78, 5) is 7.58. The molecule has 0 aliphatic rings. The number of halogens is 5. The van der Waals surface area contributed by atoms with Crippen molar-refractivity contribution in [3.05, 3.63) is 63.8 Å². The standard InChI is InChI=1S/C16H9Cl2F3N4/c17-10-6-5-9(11(18)7-10)8-22-25-15-14(16(19,20)21)23-12-3-1-2-4-13(12)24-15/h1-8H,(H,24,25). The Hall–Kier alpha value is -2.38. The lowest BCUT2D eigenvalue weighted by atomic mass is 10.2. The molecule has 3 aromatic rings. The number of fused-ring (bicyclic) bond motifs is 1. The van der Waals surface area contributed by atoms with Gasteiger partial charge in [0.15, 0.2) is 11.5 Å². The Morgan fingerprint density at radius 2 is 1.68 bits per heavy atom. The van der Waals surface area contributed by atoms with Crippen molar-refractivity contribution in [3.63, 3.8) is 0 Å². The van der Waals surface area contributed by atoms with Gasteiger partial charge in [0.1, 0.15) is 0 Å².